The number of hydrogen-bond acceptors (Lipinski definition) is 7. The molecule has 1 saturated heterocycles. The SMILES string of the molecule is [N-]=[N+]=N[C@@]1(CC(=O)c2ccccc2)O[C@@H](n2ccc(=O)[nH]c2=O)[C@H](OC(=O)c2ccccc2)[C@@H]1F. The van der Waals surface area contributed by atoms with E-state index in [1.165, 1.54) is 24.3 Å². The molecule has 1 aliphatic heterocycles. The number of rotatable bonds is 7. The van der Waals surface area contributed by atoms with Gasteiger partial charge in [-0.05, 0) is 17.7 Å². The highest BCUT2D eigenvalue weighted by Crippen LogP contribution is 2.44. The molecule has 0 aliphatic carbocycles. The van der Waals surface area contributed by atoms with Crippen molar-refractivity contribution in [3.8, 4) is 0 Å². The topological polar surface area (TPSA) is 156 Å². The van der Waals surface area contributed by atoms with E-state index in [1.807, 2.05) is 4.98 Å². The Balaban J connectivity index is 1.76. The number of nitrogens with one attached hydrogen (secondary N) is 1. The van der Waals surface area contributed by atoms with Crippen LogP contribution in [0, 0.1) is 0 Å². The van der Waals surface area contributed by atoms with Gasteiger partial charge >= 0.3 is 11.7 Å². The quantitative estimate of drug-likeness (QED) is 0.181. The van der Waals surface area contributed by atoms with E-state index < -0.39 is 53.7 Å². The number of nitrogens with zero attached hydrogens (tertiary/aromatic N) is 4. The Morgan fingerprint density at radius 1 is 1.09 bits per heavy atom. The van der Waals surface area contributed by atoms with Crippen molar-refractivity contribution >= 4 is 11.8 Å². The van der Waals surface area contributed by atoms with Crippen molar-refractivity contribution in [3.05, 3.63) is 115 Å². The number of esters is 1. The van der Waals surface area contributed by atoms with Crippen molar-refractivity contribution < 1.29 is 23.5 Å². The summed E-state index contributed by atoms with van der Waals surface area (Å²) >= 11 is 0. The molecule has 0 spiro atoms. The normalized spacial score (nSPS) is 23.3. The molecule has 0 radical (unpaired) electrons. The number of ketones is 1. The maximum atomic E-state index is 16.0. The Kier molecular flexibility index (Phi) is 6.58. The maximum Gasteiger partial charge on any atom is 0.338 e. The fourth-order valence-corrected chi connectivity index (χ4v) is 3.75. The van der Waals surface area contributed by atoms with Crippen LogP contribution in [0.5, 0.6) is 0 Å². The Morgan fingerprint density at radius 3 is 2.31 bits per heavy atom. The van der Waals surface area contributed by atoms with Gasteiger partial charge in [0, 0.05) is 29.2 Å². The van der Waals surface area contributed by atoms with Crippen LogP contribution in [0.2, 0.25) is 0 Å². The Morgan fingerprint density at radius 2 is 1.71 bits per heavy atom. The van der Waals surface area contributed by atoms with Gasteiger partial charge in [-0.1, -0.05) is 53.6 Å². The first-order valence-electron chi connectivity index (χ1n) is 10.4. The van der Waals surface area contributed by atoms with Gasteiger partial charge in [0.2, 0.25) is 0 Å². The first-order chi connectivity index (χ1) is 16.8. The van der Waals surface area contributed by atoms with Crippen LogP contribution in [0.1, 0.15) is 33.4 Å². The molecule has 178 valence electrons. The summed E-state index contributed by atoms with van der Waals surface area (Å²) < 4.78 is 27.8. The molecule has 11 nitrogen and oxygen atoms in total. The number of carbonyl (C=O) groups excluding carboxylic acids is 2. The average Bonchev–Trinajstić information content (AvgIpc) is 3.11. The van der Waals surface area contributed by atoms with Crippen molar-refractivity contribution in [3.63, 3.8) is 0 Å². The lowest BCUT2D eigenvalue weighted by Crippen LogP contribution is -2.42. The largest absolute Gasteiger partial charge is 0.451 e. The van der Waals surface area contributed by atoms with Crippen molar-refractivity contribution in [2.24, 2.45) is 5.11 Å². The Labute approximate surface area is 196 Å². The molecule has 0 amide bonds. The van der Waals surface area contributed by atoms with Gasteiger partial charge in [-0.3, -0.25) is 19.1 Å². The second kappa shape index (κ2) is 9.75. The van der Waals surface area contributed by atoms with Crippen LogP contribution >= 0.6 is 0 Å². The number of aromatic amines is 1. The maximum absolute atomic E-state index is 16.0. The molecule has 1 N–H and O–H groups in total. The summed E-state index contributed by atoms with van der Waals surface area (Å²) in [5.41, 5.74) is 5.31. The molecular formula is C23H18FN5O6. The van der Waals surface area contributed by atoms with Crippen molar-refractivity contribution in [1.29, 1.82) is 0 Å². The van der Waals surface area contributed by atoms with Gasteiger partial charge in [0.25, 0.3) is 5.56 Å². The number of benzene rings is 2. The molecule has 1 aromatic heterocycles. The van der Waals surface area contributed by atoms with Gasteiger partial charge in [-0.15, -0.1) is 0 Å². The molecule has 4 rings (SSSR count). The molecule has 1 aliphatic rings. The number of aromatic nitrogens is 2. The fraction of sp³-hybridized carbons (Fsp3) is 0.217. The van der Waals surface area contributed by atoms with E-state index >= 15 is 4.39 Å². The average molecular weight is 479 g/mol. The summed E-state index contributed by atoms with van der Waals surface area (Å²) in [6.45, 7) is 0. The molecular weight excluding hydrogens is 461 g/mol. The molecule has 4 atom stereocenters. The second-order valence-electron chi connectivity index (χ2n) is 7.66. The van der Waals surface area contributed by atoms with Gasteiger partial charge in [0.1, 0.15) is 0 Å². The van der Waals surface area contributed by atoms with E-state index in [0.717, 1.165) is 16.8 Å². The van der Waals surface area contributed by atoms with Crippen molar-refractivity contribution in [1.82, 2.24) is 9.55 Å². The second-order valence-corrected chi connectivity index (χ2v) is 7.66. The van der Waals surface area contributed by atoms with Crippen molar-refractivity contribution in [2.45, 2.75) is 30.6 Å². The number of halogens is 1. The minimum absolute atomic E-state index is 0.0916. The van der Waals surface area contributed by atoms with E-state index in [-0.39, 0.29) is 11.1 Å². The van der Waals surface area contributed by atoms with Crippen LogP contribution in [0.15, 0.2) is 87.6 Å². The molecule has 0 saturated carbocycles. The van der Waals surface area contributed by atoms with Crippen molar-refractivity contribution in [2.75, 3.05) is 0 Å². The molecule has 1 fully saturated rings. The first-order valence-corrected chi connectivity index (χ1v) is 10.4. The smallest absolute Gasteiger partial charge is 0.338 e. The zero-order valence-electron chi connectivity index (χ0n) is 18.0. The molecule has 2 heterocycles. The Bertz CT molecular complexity index is 1400. The Hall–Kier alpha value is -4.54. The number of H-pyrrole nitrogens is 1. The highest BCUT2D eigenvalue weighted by Gasteiger charge is 2.59. The third-order valence-corrected chi connectivity index (χ3v) is 5.43. The number of ether oxygens (including phenoxy) is 2. The van der Waals surface area contributed by atoms with E-state index in [2.05, 4.69) is 10.0 Å². The summed E-state index contributed by atoms with van der Waals surface area (Å²) in [4.78, 5) is 54.2. The lowest BCUT2D eigenvalue weighted by atomic mass is 9.96. The van der Waals surface area contributed by atoms with Crippen LogP contribution < -0.4 is 11.2 Å². The summed E-state index contributed by atoms with van der Waals surface area (Å²) in [6, 6.07) is 16.5. The predicted molar refractivity (Wildman–Crippen MR) is 119 cm³/mol. The third-order valence-electron chi connectivity index (χ3n) is 5.43. The fourth-order valence-electron chi connectivity index (χ4n) is 3.75. The van der Waals surface area contributed by atoms with E-state index in [0.29, 0.717) is 0 Å². The lowest BCUT2D eigenvalue weighted by Gasteiger charge is -2.24. The highest BCUT2D eigenvalue weighted by molar-refractivity contribution is 5.96. The summed E-state index contributed by atoms with van der Waals surface area (Å²) in [7, 11) is 0. The van der Waals surface area contributed by atoms with Gasteiger partial charge in [0.15, 0.2) is 30.0 Å². The molecule has 3 aromatic rings. The van der Waals surface area contributed by atoms with Crippen LogP contribution in [-0.2, 0) is 9.47 Å². The summed E-state index contributed by atoms with van der Waals surface area (Å²) in [6.07, 6.45) is -5.53. The highest BCUT2D eigenvalue weighted by atomic mass is 19.1. The van der Waals surface area contributed by atoms with E-state index in [1.54, 1.807) is 36.4 Å². The predicted octanol–water partition coefficient (Wildman–Crippen LogP) is 2.91. The monoisotopic (exact) mass is 479 g/mol. The summed E-state index contributed by atoms with van der Waals surface area (Å²) in [5, 5.41) is 3.44. The van der Waals surface area contributed by atoms with Crippen LogP contribution in [0.25, 0.3) is 10.4 Å². The number of hydrogen-bond donors (Lipinski definition) is 1. The molecule has 35 heavy (non-hydrogen) atoms. The van der Waals surface area contributed by atoms with E-state index in [4.69, 9.17) is 15.0 Å². The molecule has 0 bridgehead atoms. The van der Waals surface area contributed by atoms with Crippen LogP contribution in [0.4, 0.5) is 4.39 Å². The number of carbonyl (C=O) groups is 2. The van der Waals surface area contributed by atoms with E-state index in [9.17, 15) is 19.2 Å². The lowest BCUT2D eigenvalue weighted by molar-refractivity contribution is -0.0942. The van der Waals surface area contributed by atoms with Gasteiger partial charge in [0.05, 0.1) is 5.56 Å². The third kappa shape index (κ3) is 4.74. The van der Waals surface area contributed by atoms with Gasteiger partial charge in [-0.25, -0.2) is 14.0 Å². The van der Waals surface area contributed by atoms with Crippen LogP contribution in [-0.4, -0.2) is 39.3 Å². The minimum atomic E-state index is -2.44. The van der Waals surface area contributed by atoms with Crippen LogP contribution in [0.3, 0.4) is 0 Å². The first kappa shape index (κ1) is 23.6. The molecule has 12 heteroatoms. The number of alkyl halides is 1. The number of Topliss-reactive ketones (excluding diaryl/α,β-unsaturated/α-hetero) is 1. The van der Waals surface area contributed by atoms with Gasteiger partial charge in [-0.2, -0.15) is 0 Å². The number of azide groups is 1. The van der Waals surface area contributed by atoms with Gasteiger partial charge < -0.3 is 9.47 Å². The minimum Gasteiger partial charge on any atom is -0.451 e. The molecule has 0 unspecified atom stereocenters. The zero-order chi connectivity index (χ0) is 25.0. The summed E-state index contributed by atoms with van der Waals surface area (Å²) in [5.74, 6) is -1.54. The standard InChI is InChI=1S/C23H18FN5O6/c24-19-18(34-21(32)15-9-5-2-6-10-15)20(29-12-11-17(31)26-22(29)33)35-23(19,27-28-25)13-16(30)14-7-3-1-4-8-14/h1-12,18-20H,13H2,(H,26,31,33)/t18-,19+,20-,23+/m1/s1. The zero-order valence-corrected chi connectivity index (χ0v) is 18.0. The molecule has 2 aromatic carbocycles.